The van der Waals surface area contributed by atoms with Crippen LogP contribution in [0.4, 0.5) is 4.39 Å². The molecule has 5 fully saturated rings. The van der Waals surface area contributed by atoms with Crippen LogP contribution in [0.5, 0.6) is 0 Å². The number of amides is 1. The van der Waals surface area contributed by atoms with E-state index in [1.807, 2.05) is 12.5 Å². The van der Waals surface area contributed by atoms with Crippen molar-refractivity contribution in [1.29, 1.82) is 0 Å². The van der Waals surface area contributed by atoms with Crippen LogP contribution in [-0.4, -0.2) is 135 Å². The second-order valence-corrected chi connectivity index (χ2v) is 14.1. The minimum Gasteiger partial charge on any atom is -0.379 e. The highest BCUT2D eigenvalue weighted by molar-refractivity contribution is 6.20. The first kappa shape index (κ1) is 30.6. The number of aliphatic imine (C=N–C) groups is 1. The highest BCUT2D eigenvalue weighted by Gasteiger charge is 2.59. The summed E-state index contributed by atoms with van der Waals surface area (Å²) in [5, 5.41) is 6.55. The summed E-state index contributed by atoms with van der Waals surface area (Å²) in [4.78, 5) is 38.5. The first-order valence-corrected chi connectivity index (χ1v) is 17.5. The second kappa shape index (κ2) is 13.7. The Hall–Kier alpha value is -2.08. The number of carbonyl (C=O) groups excluding carboxylic acids is 2. The average Bonchev–Trinajstić information content (AvgIpc) is 3.57. The number of nitrogens with one attached hydrogen (secondary N) is 2. The largest absolute Gasteiger partial charge is 0.379 e. The fourth-order valence-corrected chi connectivity index (χ4v) is 9.26. The van der Waals surface area contributed by atoms with E-state index < -0.39 is 24.2 Å². The van der Waals surface area contributed by atoms with Gasteiger partial charge in [-0.1, -0.05) is 25.7 Å². The number of nitrogens with zero attached hydrogens (tertiary/aromatic N) is 4. The van der Waals surface area contributed by atoms with Gasteiger partial charge in [0.25, 0.3) is 5.91 Å². The van der Waals surface area contributed by atoms with Gasteiger partial charge in [-0.15, -0.1) is 0 Å². The molecule has 9 unspecified atom stereocenters. The number of ether oxygens (including phenoxy) is 2. The maximum atomic E-state index is 16.1. The Morgan fingerprint density at radius 1 is 1.02 bits per heavy atom. The summed E-state index contributed by atoms with van der Waals surface area (Å²) in [5.41, 5.74) is 0.197. The van der Waals surface area contributed by atoms with Crippen LogP contribution in [0.25, 0.3) is 0 Å². The van der Waals surface area contributed by atoms with E-state index in [9.17, 15) is 9.59 Å². The van der Waals surface area contributed by atoms with Crippen LogP contribution in [0.15, 0.2) is 16.8 Å². The summed E-state index contributed by atoms with van der Waals surface area (Å²) in [6, 6.07) is -0.570. The fraction of sp³-hybridized carbons (Fsp3) is 0.848. The number of morpholine rings is 2. The number of hydrogen-bond acceptors (Lipinski definition) is 9. The molecule has 0 aromatic rings. The molecule has 0 aromatic heterocycles. The Balaban J connectivity index is 1.07. The minimum absolute atomic E-state index is 0.00455. The molecule has 9 atom stereocenters. The van der Waals surface area contributed by atoms with Gasteiger partial charge in [-0.3, -0.25) is 19.5 Å². The number of Topliss-reactive ketones (excluding diaryl/α,β-unsaturated/α-hetero) is 1. The van der Waals surface area contributed by atoms with Crippen LogP contribution in [-0.2, 0) is 19.1 Å². The predicted octanol–water partition coefficient (Wildman–Crippen LogP) is 1.75. The summed E-state index contributed by atoms with van der Waals surface area (Å²) in [6.07, 6.45) is 11.0. The number of rotatable bonds is 10. The Labute approximate surface area is 261 Å². The number of ketones is 1. The molecule has 2 N–H and O–H groups in total. The van der Waals surface area contributed by atoms with E-state index in [-0.39, 0.29) is 41.9 Å². The van der Waals surface area contributed by atoms with Crippen LogP contribution in [0, 0.1) is 17.8 Å². The van der Waals surface area contributed by atoms with Crippen molar-refractivity contribution in [2.45, 2.75) is 94.3 Å². The van der Waals surface area contributed by atoms with Gasteiger partial charge in [0.15, 0.2) is 5.78 Å². The average molecular weight is 615 g/mol. The molecule has 44 heavy (non-hydrogen) atoms. The summed E-state index contributed by atoms with van der Waals surface area (Å²) in [6.45, 7) is 8.16. The molecule has 7 rings (SSSR count). The minimum atomic E-state index is -1.21. The van der Waals surface area contributed by atoms with Crippen LogP contribution in [0.1, 0.15) is 57.8 Å². The molecular formula is C33H51FN6O4. The van der Waals surface area contributed by atoms with Gasteiger partial charge in [0.1, 0.15) is 6.17 Å². The molecule has 0 bridgehead atoms. The SMILES string of the molecule is O=C(NCCCN1C=NCC1)C1=CN2C3CC4CCCCC4CC3OC3C(NCCCN4CCOCC4)C(F)CC(C1=O)C32. The van der Waals surface area contributed by atoms with Gasteiger partial charge in [0, 0.05) is 44.8 Å². The zero-order chi connectivity index (χ0) is 30.0. The molecular weight excluding hydrogens is 563 g/mol. The smallest absolute Gasteiger partial charge is 0.256 e. The first-order valence-electron chi connectivity index (χ1n) is 17.5. The summed E-state index contributed by atoms with van der Waals surface area (Å²) >= 11 is 0. The standard InChI is InChI=1S/C33H51FN6O4/c34-26-19-24-30-32(29(26)36-7-3-10-38-13-15-43-16-14-38)44-28-18-23-6-2-1-5-22(23)17-27(28)40(30)20-25(31(24)41)33(42)37-8-4-11-39-12-9-35-21-39/h20-24,26-30,32,36H,1-19H2,(H,37,42). The summed E-state index contributed by atoms with van der Waals surface area (Å²) in [7, 11) is 0. The molecule has 10 nitrogen and oxygen atoms in total. The maximum absolute atomic E-state index is 16.1. The van der Waals surface area contributed by atoms with Crippen molar-refractivity contribution in [2.75, 3.05) is 65.6 Å². The lowest BCUT2D eigenvalue weighted by Gasteiger charge is -2.61. The van der Waals surface area contributed by atoms with Gasteiger partial charge in [-0.05, 0) is 57.0 Å². The maximum Gasteiger partial charge on any atom is 0.256 e. The van der Waals surface area contributed by atoms with E-state index in [2.05, 4.69) is 30.3 Å². The number of fused-ring (bicyclic) bond motifs is 3. The topological polar surface area (TPSA) is 98.7 Å². The number of carbonyl (C=O) groups is 2. The van der Waals surface area contributed by atoms with Crippen LogP contribution in [0.3, 0.4) is 0 Å². The van der Waals surface area contributed by atoms with Crippen LogP contribution < -0.4 is 10.6 Å². The van der Waals surface area contributed by atoms with Crippen LogP contribution in [0.2, 0.25) is 0 Å². The molecule has 1 amide bonds. The van der Waals surface area contributed by atoms with Gasteiger partial charge in [0.2, 0.25) is 0 Å². The Morgan fingerprint density at radius 3 is 2.61 bits per heavy atom. The van der Waals surface area contributed by atoms with Crippen molar-refractivity contribution < 1.29 is 23.5 Å². The van der Waals surface area contributed by atoms with Gasteiger partial charge >= 0.3 is 0 Å². The lowest BCUT2D eigenvalue weighted by atomic mass is 9.65. The van der Waals surface area contributed by atoms with Gasteiger partial charge < -0.3 is 29.9 Å². The molecule has 7 aliphatic rings. The molecule has 3 saturated carbocycles. The molecule has 0 aromatic carbocycles. The molecule has 2 saturated heterocycles. The van der Waals surface area contributed by atoms with Crippen molar-refractivity contribution in [2.24, 2.45) is 22.7 Å². The van der Waals surface area contributed by atoms with E-state index in [0.717, 1.165) is 78.2 Å². The lowest BCUT2D eigenvalue weighted by Crippen LogP contribution is -2.73. The van der Waals surface area contributed by atoms with Gasteiger partial charge in [-0.25, -0.2) is 4.39 Å². The van der Waals surface area contributed by atoms with E-state index in [1.54, 1.807) is 0 Å². The molecule has 0 radical (unpaired) electrons. The number of hydrogen-bond donors (Lipinski definition) is 2. The van der Waals surface area contributed by atoms with Gasteiger partial charge in [-0.2, -0.15) is 0 Å². The van der Waals surface area contributed by atoms with E-state index in [1.165, 1.54) is 25.7 Å². The van der Waals surface area contributed by atoms with Crippen molar-refractivity contribution in [3.8, 4) is 0 Å². The molecule has 11 heteroatoms. The normalized spacial score (nSPS) is 38.5. The lowest BCUT2D eigenvalue weighted by molar-refractivity contribution is -0.208. The van der Waals surface area contributed by atoms with E-state index in [0.29, 0.717) is 24.9 Å². The van der Waals surface area contributed by atoms with Crippen molar-refractivity contribution >= 4 is 18.0 Å². The number of halogens is 1. The van der Waals surface area contributed by atoms with Crippen LogP contribution >= 0.6 is 0 Å². The first-order chi connectivity index (χ1) is 21.6. The highest BCUT2D eigenvalue weighted by Crippen LogP contribution is 2.50. The van der Waals surface area contributed by atoms with Crippen molar-refractivity contribution in [3.05, 3.63) is 11.8 Å². The third-order valence-corrected chi connectivity index (χ3v) is 11.5. The predicted molar refractivity (Wildman–Crippen MR) is 165 cm³/mol. The third kappa shape index (κ3) is 6.31. The van der Waals surface area contributed by atoms with Gasteiger partial charge in [0.05, 0.1) is 62.0 Å². The zero-order valence-electron chi connectivity index (χ0n) is 26.1. The monoisotopic (exact) mass is 614 g/mol. The second-order valence-electron chi connectivity index (χ2n) is 14.1. The molecule has 3 aliphatic carbocycles. The summed E-state index contributed by atoms with van der Waals surface area (Å²) in [5.74, 6) is 0.196. The fourth-order valence-electron chi connectivity index (χ4n) is 9.26. The quantitative estimate of drug-likeness (QED) is 0.284. The number of alkyl halides is 1. The zero-order valence-corrected chi connectivity index (χ0v) is 26.1. The Morgan fingerprint density at radius 2 is 1.82 bits per heavy atom. The third-order valence-electron chi connectivity index (χ3n) is 11.5. The summed E-state index contributed by atoms with van der Waals surface area (Å²) < 4.78 is 28.5. The Bertz CT molecular complexity index is 1100. The molecule has 0 spiro atoms. The Kier molecular flexibility index (Phi) is 9.54. The van der Waals surface area contributed by atoms with E-state index >= 15 is 4.39 Å². The molecule has 244 valence electrons. The van der Waals surface area contributed by atoms with E-state index in [4.69, 9.17) is 9.47 Å². The van der Waals surface area contributed by atoms with Crippen molar-refractivity contribution in [1.82, 2.24) is 25.3 Å². The molecule has 4 heterocycles. The highest BCUT2D eigenvalue weighted by atomic mass is 19.1. The molecule has 4 aliphatic heterocycles. The van der Waals surface area contributed by atoms with Crippen molar-refractivity contribution in [3.63, 3.8) is 0 Å².